The molecule has 0 bridgehead atoms. The van der Waals surface area contributed by atoms with E-state index < -0.39 is 0 Å². The van der Waals surface area contributed by atoms with Gasteiger partial charge >= 0.3 is 7.12 Å². The SMILES string of the molecule is COc1ccc(Br)cc1CB1OC(C)(C)C(C)(C)O1. The molecule has 104 valence electrons. The van der Waals surface area contributed by atoms with Crippen LogP contribution in [-0.4, -0.2) is 25.4 Å². The van der Waals surface area contributed by atoms with Gasteiger partial charge in [-0.3, -0.25) is 0 Å². The molecule has 0 radical (unpaired) electrons. The molecule has 1 saturated heterocycles. The molecule has 1 aromatic rings. The average Bonchev–Trinajstić information content (AvgIpc) is 2.47. The minimum Gasteiger partial charge on any atom is -0.497 e. The molecule has 3 nitrogen and oxygen atoms in total. The molecule has 0 unspecified atom stereocenters. The van der Waals surface area contributed by atoms with Crippen LogP contribution in [-0.2, 0) is 15.6 Å². The monoisotopic (exact) mass is 326 g/mol. The number of benzene rings is 1. The van der Waals surface area contributed by atoms with Gasteiger partial charge in [-0.2, -0.15) is 0 Å². The molecule has 1 fully saturated rings. The van der Waals surface area contributed by atoms with Gasteiger partial charge in [0.05, 0.1) is 18.3 Å². The topological polar surface area (TPSA) is 27.7 Å². The highest BCUT2D eigenvalue weighted by Gasteiger charge is 2.50. The van der Waals surface area contributed by atoms with Crippen molar-refractivity contribution in [1.29, 1.82) is 0 Å². The predicted octanol–water partition coefficient (Wildman–Crippen LogP) is 3.63. The van der Waals surface area contributed by atoms with Crippen LogP contribution in [0, 0.1) is 0 Å². The Morgan fingerprint density at radius 2 is 1.74 bits per heavy atom. The number of ether oxygens (including phenoxy) is 1. The molecule has 0 amide bonds. The van der Waals surface area contributed by atoms with E-state index in [1.165, 1.54) is 0 Å². The molecular weight excluding hydrogens is 307 g/mol. The summed E-state index contributed by atoms with van der Waals surface area (Å²) >= 11 is 3.48. The maximum Gasteiger partial charge on any atom is 0.462 e. The van der Waals surface area contributed by atoms with E-state index in [0.29, 0.717) is 6.32 Å². The van der Waals surface area contributed by atoms with Gasteiger partial charge in [-0.05, 0) is 51.5 Å². The second kappa shape index (κ2) is 5.11. The van der Waals surface area contributed by atoms with Gasteiger partial charge in [-0.1, -0.05) is 15.9 Å². The fourth-order valence-corrected chi connectivity index (χ4v) is 2.54. The summed E-state index contributed by atoms with van der Waals surface area (Å²) in [6.45, 7) is 8.24. The Labute approximate surface area is 123 Å². The summed E-state index contributed by atoms with van der Waals surface area (Å²) in [5.74, 6) is 0.859. The van der Waals surface area contributed by atoms with Crippen molar-refractivity contribution in [2.24, 2.45) is 0 Å². The summed E-state index contributed by atoms with van der Waals surface area (Å²) in [7, 11) is 1.44. The van der Waals surface area contributed by atoms with Gasteiger partial charge in [0.25, 0.3) is 0 Å². The largest absolute Gasteiger partial charge is 0.497 e. The minimum absolute atomic E-state index is 0.242. The first-order valence-electron chi connectivity index (χ1n) is 6.43. The third-order valence-corrected chi connectivity index (χ3v) is 4.42. The molecule has 0 atom stereocenters. The maximum atomic E-state index is 6.01. The smallest absolute Gasteiger partial charge is 0.462 e. The van der Waals surface area contributed by atoms with Crippen LogP contribution in [0.1, 0.15) is 33.3 Å². The normalized spacial score (nSPS) is 20.6. The van der Waals surface area contributed by atoms with Crippen molar-refractivity contribution in [1.82, 2.24) is 0 Å². The molecule has 1 aliphatic rings. The van der Waals surface area contributed by atoms with Gasteiger partial charge < -0.3 is 14.0 Å². The molecule has 1 aromatic carbocycles. The third kappa shape index (κ3) is 2.98. The first-order valence-corrected chi connectivity index (χ1v) is 7.22. The van der Waals surface area contributed by atoms with Gasteiger partial charge in [0.15, 0.2) is 0 Å². The molecule has 1 heterocycles. The lowest BCUT2D eigenvalue weighted by atomic mass is 9.80. The van der Waals surface area contributed by atoms with Crippen LogP contribution < -0.4 is 4.74 Å². The summed E-state index contributed by atoms with van der Waals surface area (Å²) in [4.78, 5) is 0. The van der Waals surface area contributed by atoms with Crippen LogP contribution >= 0.6 is 15.9 Å². The van der Waals surface area contributed by atoms with Gasteiger partial charge in [0.1, 0.15) is 5.75 Å². The van der Waals surface area contributed by atoms with E-state index in [4.69, 9.17) is 14.0 Å². The highest BCUT2D eigenvalue weighted by Crippen LogP contribution is 2.38. The molecule has 0 saturated carbocycles. The Kier molecular flexibility index (Phi) is 4.01. The second-order valence-electron chi connectivity index (χ2n) is 5.85. The number of hydrogen-bond acceptors (Lipinski definition) is 3. The van der Waals surface area contributed by atoms with Crippen molar-refractivity contribution in [2.45, 2.75) is 45.2 Å². The van der Waals surface area contributed by atoms with Gasteiger partial charge in [0.2, 0.25) is 0 Å². The van der Waals surface area contributed by atoms with Crippen molar-refractivity contribution in [3.05, 3.63) is 28.2 Å². The Morgan fingerprint density at radius 1 is 1.16 bits per heavy atom. The van der Waals surface area contributed by atoms with Crippen molar-refractivity contribution in [3.63, 3.8) is 0 Å². The number of hydrogen-bond donors (Lipinski definition) is 0. The standard InChI is InChI=1S/C14H20BBrO3/c1-13(2)14(3,4)19-15(18-13)9-10-8-11(16)6-7-12(10)17-5/h6-8H,9H2,1-5H3. The quantitative estimate of drug-likeness (QED) is 0.794. The van der Waals surface area contributed by atoms with Crippen LogP contribution in [0.15, 0.2) is 22.7 Å². The first-order chi connectivity index (χ1) is 8.75. The van der Waals surface area contributed by atoms with Crippen molar-refractivity contribution in [3.8, 4) is 5.75 Å². The molecule has 0 N–H and O–H groups in total. The molecular formula is C14H20BBrO3. The fraction of sp³-hybridized carbons (Fsp3) is 0.571. The fourth-order valence-electron chi connectivity index (χ4n) is 2.13. The van der Waals surface area contributed by atoms with Crippen LogP contribution in [0.4, 0.5) is 0 Å². The van der Waals surface area contributed by atoms with Crippen LogP contribution in [0.2, 0.25) is 0 Å². The lowest BCUT2D eigenvalue weighted by Gasteiger charge is -2.32. The maximum absolute atomic E-state index is 6.01. The average molecular weight is 327 g/mol. The summed E-state index contributed by atoms with van der Waals surface area (Å²) in [5, 5.41) is 0. The summed E-state index contributed by atoms with van der Waals surface area (Å²) in [6.07, 6.45) is 0.676. The molecule has 0 aliphatic carbocycles. The van der Waals surface area contributed by atoms with Gasteiger partial charge in [-0.25, -0.2) is 0 Å². The van der Waals surface area contributed by atoms with Crippen molar-refractivity contribution in [2.75, 3.05) is 7.11 Å². The number of rotatable bonds is 3. The number of halogens is 1. The highest BCUT2D eigenvalue weighted by atomic mass is 79.9. The summed E-state index contributed by atoms with van der Waals surface area (Å²) in [5.41, 5.74) is 0.490. The highest BCUT2D eigenvalue weighted by molar-refractivity contribution is 9.10. The van der Waals surface area contributed by atoms with Crippen molar-refractivity contribution < 1.29 is 14.0 Å². The lowest BCUT2D eigenvalue weighted by molar-refractivity contribution is 0.00578. The van der Waals surface area contributed by atoms with E-state index in [1.807, 2.05) is 18.2 Å². The second-order valence-corrected chi connectivity index (χ2v) is 6.76. The lowest BCUT2D eigenvalue weighted by Crippen LogP contribution is -2.41. The van der Waals surface area contributed by atoms with Crippen molar-refractivity contribution >= 4 is 23.0 Å². The zero-order chi connectivity index (χ0) is 14.3. The predicted molar refractivity (Wildman–Crippen MR) is 80.5 cm³/mol. The molecule has 5 heteroatoms. The molecule has 19 heavy (non-hydrogen) atoms. The molecule has 0 spiro atoms. The first kappa shape index (κ1) is 14.9. The van der Waals surface area contributed by atoms with E-state index in [-0.39, 0.29) is 18.3 Å². The summed E-state index contributed by atoms with van der Waals surface area (Å²) in [6, 6.07) is 5.96. The Morgan fingerprint density at radius 3 is 2.26 bits per heavy atom. The van der Waals surface area contributed by atoms with E-state index in [0.717, 1.165) is 15.8 Å². The number of methoxy groups -OCH3 is 1. The van der Waals surface area contributed by atoms with Gasteiger partial charge in [0, 0.05) is 10.8 Å². The third-order valence-electron chi connectivity index (χ3n) is 3.93. The van der Waals surface area contributed by atoms with E-state index in [1.54, 1.807) is 7.11 Å². The van der Waals surface area contributed by atoms with Crippen LogP contribution in [0.3, 0.4) is 0 Å². The van der Waals surface area contributed by atoms with Crippen LogP contribution in [0.25, 0.3) is 0 Å². The summed E-state index contributed by atoms with van der Waals surface area (Å²) < 4.78 is 18.4. The van der Waals surface area contributed by atoms with E-state index >= 15 is 0 Å². The van der Waals surface area contributed by atoms with E-state index in [9.17, 15) is 0 Å². The minimum atomic E-state index is -0.295. The Hall–Kier alpha value is -0.515. The Bertz CT molecular complexity index is 458. The van der Waals surface area contributed by atoms with Crippen LogP contribution in [0.5, 0.6) is 5.75 Å². The zero-order valence-corrected chi connectivity index (χ0v) is 13.7. The zero-order valence-electron chi connectivity index (χ0n) is 12.1. The molecule has 1 aliphatic heterocycles. The molecule has 2 rings (SSSR count). The van der Waals surface area contributed by atoms with Gasteiger partial charge in [-0.15, -0.1) is 0 Å². The Balaban J connectivity index is 2.17. The molecule has 0 aromatic heterocycles. The van der Waals surface area contributed by atoms with E-state index in [2.05, 4.69) is 43.6 Å².